The predicted octanol–water partition coefficient (Wildman–Crippen LogP) is 3.00. The van der Waals surface area contributed by atoms with Gasteiger partial charge in [-0.3, -0.25) is 4.79 Å². The highest BCUT2D eigenvalue weighted by Crippen LogP contribution is 2.45. The van der Waals surface area contributed by atoms with E-state index in [9.17, 15) is 4.79 Å². The van der Waals surface area contributed by atoms with Gasteiger partial charge in [0.1, 0.15) is 0 Å². The molecule has 0 radical (unpaired) electrons. The van der Waals surface area contributed by atoms with Gasteiger partial charge in [0.15, 0.2) is 0 Å². The number of ether oxygens (including phenoxy) is 1. The lowest BCUT2D eigenvalue weighted by molar-refractivity contribution is -0.122. The van der Waals surface area contributed by atoms with Gasteiger partial charge in [0.2, 0.25) is 5.91 Å². The van der Waals surface area contributed by atoms with Gasteiger partial charge >= 0.3 is 0 Å². The Balaban J connectivity index is 1.91. The zero-order chi connectivity index (χ0) is 13.1. The second-order valence-electron chi connectivity index (χ2n) is 4.40. The fourth-order valence-electron chi connectivity index (χ4n) is 1.98. The Kier molecular flexibility index (Phi) is 4.49. The number of methoxy groups -OCH3 is 1. The van der Waals surface area contributed by atoms with E-state index in [0.29, 0.717) is 23.1 Å². The second kappa shape index (κ2) is 5.91. The number of carbonyl (C=O) groups is 1. The van der Waals surface area contributed by atoms with Crippen molar-refractivity contribution in [3.8, 4) is 0 Å². The molecule has 0 unspecified atom stereocenters. The first-order valence-corrected chi connectivity index (χ1v) is 6.61. The van der Waals surface area contributed by atoms with Gasteiger partial charge in [-0.2, -0.15) is 0 Å². The van der Waals surface area contributed by atoms with E-state index in [1.54, 1.807) is 13.2 Å². The molecule has 1 aromatic rings. The molecule has 1 aromatic carbocycles. The Morgan fingerprint density at radius 2 is 2.28 bits per heavy atom. The van der Waals surface area contributed by atoms with Crippen LogP contribution in [0.3, 0.4) is 0 Å². The number of amides is 1. The molecule has 1 aliphatic rings. The molecule has 1 N–H and O–H groups in total. The van der Waals surface area contributed by atoms with Crippen LogP contribution in [0.4, 0.5) is 0 Å². The number of hydrogen-bond acceptors (Lipinski definition) is 2. The maximum absolute atomic E-state index is 11.5. The molecule has 1 aliphatic carbocycles. The van der Waals surface area contributed by atoms with Crippen LogP contribution in [0.5, 0.6) is 0 Å². The molecule has 2 rings (SSSR count). The van der Waals surface area contributed by atoms with Crippen molar-refractivity contribution in [1.82, 2.24) is 5.32 Å². The summed E-state index contributed by atoms with van der Waals surface area (Å²) in [6.45, 7) is 0.446. The van der Waals surface area contributed by atoms with Crippen LogP contribution in [0.2, 0.25) is 10.0 Å². The van der Waals surface area contributed by atoms with Crippen LogP contribution in [-0.2, 0) is 9.53 Å². The molecule has 1 saturated carbocycles. The molecule has 2 atom stereocenters. The van der Waals surface area contributed by atoms with E-state index in [2.05, 4.69) is 5.32 Å². The molecular weight excluding hydrogens is 273 g/mol. The average molecular weight is 288 g/mol. The first-order chi connectivity index (χ1) is 8.63. The molecule has 1 fully saturated rings. The summed E-state index contributed by atoms with van der Waals surface area (Å²) in [7, 11) is 1.58. The van der Waals surface area contributed by atoms with Crippen LogP contribution < -0.4 is 5.32 Å². The van der Waals surface area contributed by atoms with Crippen molar-refractivity contribution in [2.45, 2.75) is 24.8 Å². The number of carbonyl (C=O) groups excluding carboxylic acids is 1. The lowest BCUT2D eigenvalue weighted by atomic mass is 10.1. The van der Waals surface area contributed by atoms with E-state index >= 15 is 0 Å². The molecular formula is C13H15Cl2NO2. The van der Waals surface area contributed by atoms with Crippen molar-refractivity contribution >= 4 is 29.1 Å². The molecule has 0 aliphatic heterocycles. The van der Waals surface area contributed by atoms with Crippen molar-refractivity contribution in [3.63, 3.8) is 0 Å². The summed E-state index contributed by atoms with van der Waals surface area (Å²) in [5.41, 5.74) is 1.02. The number of hydrogen-bond donors (Lipinski definition) is 1. The Bertz CT molecular complexity index is 451. The highest BCUT2D eigenvalue weighted by molar-refractivity contribution is 6.42. The van der Waals surface area contributed by atoms with Gasteiger partial charge in [-0.25, -0.2) is 0 Å². The van der Waals surface area contributed by atoms with Crippen molar-refractivity contribution in [1.29, 1.82) is 0 Å². The smallest absolute Gasteiger partial charge is 0.222 e. The molecule has 0 saturated heterocycles. The summed E-state index contributed by atoms with van der Waals surface area (Å²) in [4.78, 5) is 11.5. The summed E-state index contributed by atoms with van der Waals surface area (Å²) in [6, 6.07) is 5.78. The van der Waals surface area contributed by atoms with Crippen molar-refractivity contribution in [3.05, 3.63) is 33.8 Å². The van der Waals surface area contributed by atoms with Gasteiger partial charge in [-0.15, -0.1) is 0 Å². The summed E-state index contributed by atoms with van der Waals surface area (Å²) in [5, 5.41) is 4.12. The Morgan fingerprint density at radius 1 is 1.50 bits per heavy atom. The Morgan fingerprint density at radius 3 is 3.00 bits per heavy atom. The minimum absolute atomic E-state index is 0.0162. The zero-order valence-electron chi connectivity index (χ0n) is 10.1. The number of halogens is 2. The predicted molar refractivity (Wildman–Crippen MR) is 72.2 cm³/mol. The van der Waals surface area contributed by atoms with Crippen molar-refractivity contribution < 1.29 is 9.53 Å². The molecule has 5 heteroatoms. The molecule has 0 spiro atoms. The van der Waals surface area contributed by atoms with E-state index in [0.717, 1.165) is 12.0 Å². The number of rotatable bonds is 5. The first kappa shape index (κ1) is 13.7. The molecule has 98 valence electrons. The zero-order valence-corrected chi connectivity index (χ0v) is 11.6. The Hall–Kier alpha value is -0.770. The van der Waals surface area contributed by atoms with Crippen LogP contribution in [-0.4, -0.2) is 25.7 Å². The van der Waals surface area contributed by atoms with E-state index in [1.807, 2.05) is 12.1 Å². The highest BCUT2D eigenvalue weighted by atomic mass is 35.5. The van der Waals surface area contributed by atoms with Crippen LogP contribution in [0.25, 0.3) is 0 Å². The first-order valence-electron chi connectivity index (χ1n) is 5.85. The Labute approximate surface area is 116 Å². The van der Waals surface area contributed by atoms with E-state index in [1.165, 1.54) is 0 Å². The third kappa shape index (κ3) is 3.16. The highest BCUT2D eigenvalue weighted by Gasteiger charge is 2.40. The maximum Gasteiger partial charge on any atom is 0.222 e. The topological polar surface area (TPSA) is 38.3 Å². The van der Waals surface area contributed by atoms with Gasteiger partial charge in [0.25, 0.3) is 0 Å². The third-order valence-electron chi connectivity index (χ3n) is 3.05. The van der Waals surface area contributed by atoms with E-state index in [-0.39, 0.29) is 17.9 Å². The van der Waals surface area contributed by atoms with Crippen molar-refractivity contribution in [2.75, 3.05) is 13.7 Å². The fourth-order valence-corrected chi connectivity index (χ4v) is 2.43. The van der Waals surface area contributed by atoms with Gasteiger partial charge in [-0.1, -0.05) is 35.3 Å². The van der Waals surface area contributed by atoms with Crippen molar-refractivity contribution in [2.24, 2.45) is 0 Å². The van der Waals surface area contributed by atoms with Gasteiger partial charge in [0.05, 0.1) is 16.7 Å². The molecule has 0 heterocycles. The second-order valence-corrected chi connectivity index (χ2v) is 5.19. The molecule has 3 nitrogen and oxygen atoms in total. The minimum atomic E-state index is 0.0162. The maximum atomic E-state index is 11.5. The van der Waals surface area contributed by atoms with E-state index in [4.69, 9.17) is 27.9 Å². The van der Waals surface area contributed by atoms with Gasteiger partial charge in [0, 0.05) is 25.5 Å². The quantitative estimate of drug-likeness (QED) is 0.904. The van der Waals surface area contributed by atoms with Crippen LogP contribution >= 0.6 is 23.2 Å². The van der Waals surface area contributed by atoms with E-state index < -0.39 is 0 Å². The van der Waals surface area contributed by atoms with Crippen LogP contribution in [0.15, 0.2) is 18.2 Å². The molecule has 0 aromatic heterocycles. The molecule has 0 bridgehead atoms. The molecule has 1 amide bonds. The average Bonchev–Trinajstić information content (AvgIpc) is 3.09. The summed E-state index contributed by atoms with van der Waals surface area (Å²) >= 11 is 12.1. The SMILES string of the molecule is COCCC(=O)N[C@H]1C[C@@H]1c1cccc(Cl)c1Cl. The summed E-state index contributed by atoms with van der Waals surface area (Å²) in [5.74, 6) is 0.296. The lowest BCUT2D eigenvalue weighted by Crippen LogP contribution is -2.27. The standard InChI is InChI=1S/C13H15Cl2NO2/c1-18-6-5-12(17)16-11-7-9(11)8-3-2-4-10(14)13(8)15/h2-4,9,11H,5-7H2,1H3,(H,16,17)/t9-,11+/m1/s1. The fraction of sp³-hybridized carbons (Fsp3) is 0.462. The third-order valence-corrected chi connectivity index (χ3v) is 3.88. The number of benzene rings is 1. The summed E-state index contributed by atoms with van der Waals surface area (Å²) in [6.07, 6.45) is 1.31. The van der Waals surface area contributed by atoms with Crippen LogP contribution in [0, 0.1) is 0 Å². The minimum Gasteiger partial charge on any atom is -0.384 e. The molecule has 18 heavy (non-hydrogen) atoms. The van der Waals surface area contributed by atoms with Gasteiger partial charge < -0.3 is 10.1 Å². The lowest BCUT2D eigenvalue weighted by Gasteiger charge is -2.06. The normalized spacial score (nSPS) is 21.7. The summed E-state index contributed by atoms with van der Waals surface area (Å²) < 4.78 is 4.86. The monoisotopic (exact) mass is 287 g/mol. The van der Waals surface area contributed by atoms with Gasteiger partial charge in [-0.05, 0) is 18.1 Å². The number of nitrogens with one attached hydrogen (secondary N) is 1. The van der Waals surface area contributed by atoms with Crippen LogP contribution in [0.1, 0.15) is 24.3 Å². The largest absolute Gasteiger partial charge is 0.384 e.